The summed E-state index contributed by atoms with van der Waals surface area (Å²) in [6.07, 6.45) is -1.25. The van der Waals surface area contributed by atoms with E-state index < -0.39 is 47.1 Å². The van der Waals surface area contributed by atoms with Crippen molar-refractivity contribution in [2.75, 3.05) is 18.0 Å². The number of nitrogens with zero attached hydrogens (tertiary/aromatic N) is 1. The molecule has 11 heteroatoms. The molecule has 0 aromatic heterocycles. The van der Waals surface area contributed by atoms with Gasteiger partial charge in [0, 0.05) is 5.46 Å². The first-order chi connectivity index (χ1) is 13.4. The Kier molecular flexibility index (Phi) is 6.07. The lowest BCUT2D eigenvalue weighted by molar-refractivity contribution is -0.119. The maximum absolute atomic E-state index is 14.8. The van der Waals surface area contributed by atoms with Gasteiger partial charge in [-0.15, -0.1) is 0 Å². The van der Waals surface area contributed by atoms with E-state index in [-0.39, 0.29) is 18.6 Å². The van der Waals surface area contributed by atoms with E-state index in [1.807, 2.05) is 27.7 Å². The second-order valence-corrected chi connectivity index (χ2v) is 9.05. The van der Waals surface area contributed by atoms with Gasteiger partial charge in [-0.25, -0.2) is 9.18 Å². The highest BCUT2D eigenvalue weighted by Crippen LogP contribution is 2.36. The highest BCUT2D eigenvalue weighted by molar-refractivity contribution is 6.62. The molecule has 0 aliphatic carbocycles. The Hall–Kier alpha value is -1.55. The molecule has 29 heavy (non-hydrogen) atoms. The van der Waals surface area contributed by atoms with Crippen LogP contribution in [0.4, 0.5) is 14.9 Å². The van der Waals surface area contributed by atoms with Crippen molar-refractivity contribution < 1.29 is 28.0 Å². The lowest BCUT2D eigenvalue weighted by Crippen LogP contribution is -2.41. The number of amides is 2. The van der Waals surface area contributed by atoms with E-state index in [0.717, 1.165) is 0 Å². The maximum atomic E-state index is 14.8. The Bertz CT molecular complexity index is 807. The predicted molar refractivity (Wildman–Crippen MR) is 108 cm³/mol. The van der Waals surface area contributed by atoms with Crippen LogP contribution in [0.2, 0.25) is 0 Å². The molecule has 1 aromatic carbocycles. The molecule has 0 spiro atoms. The minimum absolute atomic E-state index is 0.0471. The van der Waals surface area contributed by atoms with Crippen LogP contribution >= 0.6 is 23.2 Å². The third-order valence-electron chi connectivity index (χ3n) is 5.38. The molecule has 2 heterocycles. The number of hydrogen-bond acceptors (Lipinski definition) is 5. The Labute approximate surface area is 178 Å². The second-order valence-electron chi connectivity index (χ2n) is 7.96. The van der Waals surface area contributed by atoms with Crippen LogP contribution in [0.5, 0.6) is 0 Å². The number of benzene rings is 1. The van der Waals surface area contributed by atoms with Crippen LogP contribution in [0.15, 0.2) is 18.2 Å². The Morgan fingerprint density at radius 2 is 1.93 bits per heavy atom. The first-order valence-corrected chi connectivity index (χ1v) is 9.97. The summed E-state index contributed by atoms with van der Waals surface area (Å²) in [5.41, 5.74) is -0.609. The minimum atomic E-state index is -1.21. The second kappa shape index (κ2) is 7.94. The topological polar surface area (TPSA) is 77.1 Å². The molecular weight excluding hydrogens is 425 g/mol. The quantitative estimate of drug-likeness (QED) is 0.555. The fourth-order valence-corrected chi connectivity index (χ4v) is 3.13. The van der Waals surface area contributed by atoms with Gasteiger partial charge in [-0.1, -0.05) is 29.3 Å². The number of ether oxygens (including phenoxy) is 1. The van der Waals surface area contributed by atoms with Crippen LogP contribution in [0.1, 0.15) is 27.7 Å². The molecule has 1 atom stereocenters. The number of carbonyl (C=O) groups is 2. The molecule has 0 radical (unpaired) electrons. The monoisotopic (exact) mass is 446 g/mol. The van der Waals surface area contributed by atoms with Crippen molar-refractivity contribution in [2.45, 2.75) is 49.8 Å². The average molecular weight is 447 g/mol. The normalized spacial score (nSPS) is 22.9. The predicted octanol–water partition coefficient (Wildman–Crippen LogP) is 2.37. The van der Waals surface area contributed by atoms with Crippen LogP contribution < -0.4 is 15.7 Å². The van der Waals surface area contributed by atoms with Crippen molar-refractivity contribution in [1.29, 1.82) is 0 Å². The lowest BCUT2D eigenvalue weighted by atomic mass is 9.78. The van der Waals surface area contributed by atoms with Crippen LogP contribution in [-0.4, -0.2) is 54.4 Å². The third kappa shape index (κ3) is 4.48. The van der Waals surface area contributed by atoms with E-state index in [1.54, 1.807) is 6.07 Å². The van der Waals surface area contributed by atoms with Crippen LogP contribution in [0.3, 0.4) is 0 Å². The molecule has 158 valence electrons. The van der Waals surface area contributed by atoms with Gasteiger partial charge >= 0.3 is 13.2 Å². The summed E-state index contributed by atoms with van der Waals surface area (Å²) in [6, 6.07) is 4.36. The summed E-state index contributed by atoms with van der Waals surface area (Å²) in [6.45, 7) is 7.73. The van der Waals surface area contributed by atoms with Gasteiger partial charge in [0.1, 0.15) is 11.9 Å². The Morgan fingerprint density at radius 1 is 1.31 bits per heavy atom. The zero-order valence-corrected chi connectivity index (χ0v) is 18.0. The molecule has 2 saturated heterocycles. The summed E-state index contributed by atoms with van der Waals surface area (Å²) < 4.78 is 31.8. The van der Waals surface area contributed by atoms with Crippen molar-refractivity contribution >= 4 is 53.5 Å². The van der Waals surface area contributed by atoms with Gasteiger partial charge in [0.2, 0.25) is 0 Å². The number of cyclic esters (lactones) is 1. The number of rotatable bonds is 5. The van der Waals surface area contributed by atoms with Gasteiger partial charge in [0.05, 0.1) is 30.0 Å². The highest BCUT2D eigenvalue weighted by atomic mass is 35.5. The molecule has 0 bridgehead atoms. The van der Waals surface area contributed by atoms with Crippen molar-refractivity contribution in [2.24, 2.45) is 0 Å². The van der Waals surface area contributed by atoms with E-state index in [9.17, 15) is 14.0 Å². The fourth-order valence-electron chi connectivity index (χ4n) is 2.98. The van der Waals surface area contributed by atoms with Gasteiger partial charge in [-0.2, -0.15) is 0 Å². The summed E-state index contributed by atoms with van der Waals surface area (Å²) >= 11 is 10.9. The van der Waals surface area contributed by atoms with Crippen molar-refractivity contribution in [3.8, 4) is 0 Å². The highest BCUT2D eigenvalue weighted by Gasteiger charge is 2.52. The van der Waals surface area contributed by atoms with Crippen molar-refractivity contribution in [3.05, 3.63) is 24.0 Å². The molecule has 1 aromatic rings. The molecule has 7 nitrogen and oxygen atoms in total. The SMILES string of the molecule is CC1(C)OB(c2ccc(N3C[C@H](CNC(=O)C(Cl)Cl)OC3=O)cc2F)OC1(C)C. The van der Waals surface area contributed by atoms with E-state index in [2.05, 4.69) is 5.32 Å². The number of halogens is 3. The summed E-state index contributed by atoms with van der Waals surface area (Å²) in [5, 5.41) is 2.48. The van der Waals surface area contributed by atoms with Gasteiger partial charge in [0.25, 0.3) is 5.91 Å². The molecule has 0 unspecified atom stereocenters. The Balaban J connectivity index is 1.69. The zero-order valence-electron chi connectivity index (χ0n) is 16.5. The lowest BCUT2D eigenvalue weighted by Gasteiger charge is -2.32. The van der Waals surface area contributed by atoms with Gasteiger partial charge in [-0.3, -0.25) is 9.69 Å². The number of anilines is 1. The van der Waals surface area contributed by atoms with E-state index in [0.29, 0.717) is 5.69 Å². The van der Waals surface area contributed by atoms with E-state index >= 15 is 0 Å². The van der Waals surface area contributed by atoms with E-state index in [1.165, 1.54) is 17.0 Å². The standard InChI is InChI=1S/C18H22BCl2FN2O5/c1-17(2)18(3,4)29-19(28-17)12-6-5-10(7-13(12)22)24-9-11(27-16(24)26)8-23-15(25)14(20)21/h5-7,11,14H,8-9H2,1-4H3,(H,23,25)/t11-/m0/s1. The van der Waals surface area contributed by atoms with Crippen LogP contribution in [-0.2, 0) is 18.8 Å². The summed E-state index contributed by atoms with van der Waals surface area (Å²) in [5.74, 6) is -1.14. The van der Waals surface area contributed by atoms with Crippen LogP contribution in [0, 0.1) is 5.82 Å². The number of hydrogen-bond donors (Lipinski definition) is 1. The molecule has 3 rings (SSSR count). The number of carbonyl (C=O) groups excluding carboxylic acids is 2. The number of nitrogens with one attached hydrogen (secondary N) is 1. The zero-order chi connectivity index (χ0) is 21.6. The Morgan fingerprint density at radius 3 is 2.48 bits per heavy atom. The smallest absolute Gasteiger partial charge is 0.442 e. The molecule has 1 N–H and O–H groups in total. The molecule has 2 amide bonds. The maximum Gasteiger partial charge on any atom is 0.497 e. The largest absolute Gasteiger partial charge is 0.497 e. The number of alkyl halides is 2. The molecule has 0 saturated carbocycles. The third-order valence-corrected chi connectivity index (χ3v) is 5.78. The first kappa shape index (κ1) is 22.1. The molecule has 2 fully saturated rings. The molecule has 2 aliphatic rings. The van der Waals surface area contributed by atoms with Gasteiger partial charge in [-0.05, 0) is 39.8 Å². The fraction of sp³-hybridized carbons (Fsp3) is 0.556. The van der Waals surface area contributed by atoms with Gasteiger partial charge in [0.15, 0.2) is 4.84 Å². The van der Waals surface area contributed by atoms with Gasteiger partial charge < -0.3 is 19.4 Å². The van der Waals surface area contributed by atoms with E-state index in [4.69, 9.17) is 37.2 Å². The molecular formula is C18H22BCl2FN2O5. The van der Waals surface area contributed by atoms with Crippen LogP contribution in [0.25, 0.3) is 0 Å². The van der Waals surface area contributed by atoms with Crippen molar-refractivity contribution in [3.63, 3.8) is 0 Å². The minimum Gasteiger partial charge on any atom is -0.442 e. The summed E-state index contributed by atoms with van der Waals surface area (Å²) in [4.78, 5) is 23.7. The summed E-state index contributed by atoms with van der Waals surface area (Å²) in [7, 11) is -0.846. The molecule has 2 aliphatic heterocycles. The van der Waals surface area contributed by atoms with Crippen molar-refractivity contribution in [1.82, 2.24) is 5.32 Å². The first-order valence-electron chi connectivity index (χ1n) is 9.10. The average Bonchev–Trinajstić information content (AvgIpc) is 3.08.